The number of hydrogen-bond acceptors (Lipinski definition) is 3. The minimum Gasteiger partial charge on any atom is -0.444 e. The summed E-state index contributed by atoms with van der Waals surface area (Å²) in [7, 11) is 0. The molecule has 0 unspecified atom stereocenters. The fourth-order valence-corrected chi connectivity index (χ4v) is 2.69. The summed E-state index contributed by atoms with van der Waals surface area (Å²) < 4.78 is 5.27. The SMILES string of the molecule is CCCC(CCC)NC1CC(NC(=O)OC(C)(C)C)C1. The Morgan fingerprint density at radius 2 is 1.70 bits per heavy atom. The zero-order chi connectivity index (χ0) is 15.2. The van der Waals surface area contributed by atoms with Gasteiger partial charge in [0.05, 0.1) is 0 Å². The van der Waals surface area contributed by atoms with Gasteiger partial charge in [0.15, 0.2) is 0 Å². The first-order valence-electron chi connectivity index (χ1n) is 8.09. The zero-order valence-electron chi connectivity index (χ0n) is 13.8. The van der Waals surface area contributed by atoms with Crippen LogP contribution in [-0.2, 0) is 4.74 Å². The standard InChI is InChI=1S/C16H32N2O2/c1-6-8-12(9-7-2)17-13-10-14(11-13)18-15(19)20-16(3,4)5/h12-14,17H,6-11H2,1-5H3,(H,18,19). The Morgan fingerprint density at radius 3 is 2.15 bits per heavy atom. The van der Waals surface area contributed by atoms with Crippen LogP contribution in [0.3, 0.4) is 0 Å². The summed E-state index contributed by atoms with van der Waals surface area (Å²) in [6.07, 6.45) is 6.68. The van der Waals surface area contributed by atoms with Crippen LogP contribution in [0.4, 0.5) is 4.79 Å². The van der Waals surface area contributed by atoms with Crippen molar-refractivity contribution in [3.05, 3.63) is 0 Å². The average Bonchev–Trinajstić information content (AvgIpc) is 2.24. The van der Waals surface area contributed by atoms with Crippen molar-refractivity contribution in [1.82, 2.24) is 10.6 Å². The molecule has 1 aliphatic rings. The van der Waals surface area contributed by atoms with Gasteiger partial charge in [-0.25, -0.2) is 4.79 Å². The highest BCUT2D eigenvalue weighted by atomic mass is 16.6. The van der Waals surface area contributed by atoms with E-state index in [1.54, 1.807) is 0 Å². The monoisotopic (exact) mass is 284 g/mol. The van der Waals surface area contributed by atoms with Gasteiger partial charge >= 0.3 is 6.09 Å². The molecule has 4 nitrogen and oxygen atoms in total. The second-order valence-corrected chi connectivity index (χ2v) is 6.95. The van der Waals surface area contributed by atoms with E-state index in [1.807, 2.05) is 20.8 Å². The van der Waals surface area contributed by atoms with Gasteiger partial charge in [-0.05, 0) is 46.5 Å². The van der Waals surface area contributed by atoms with Crippen molar-refractivity contribution < 1.29 is 9.53 Å². The predicted molar refractivity (Wildman–Crippen MR) is 82.9 cm³/mol. The maximum atomic E-state index is 11.6. The average molecular weight is 284 g/mol. The van der Waals surface area contributed by atoms with E-state index in [-0.39, 0.29) is 12.1 Å². The van der Waals surface area contributed by atoms with Crippen LogP contribution in [0.2, 0.25) is 0 Å². The summed E-state index contributed by atoms with van der Waals surface area (Å²) in [6.45, 7) is 10.1. The van der Waals surface area contributed by atoms with E-state index in [1.165, 1.54) is 25.7 Å². The van der Waals surface area contributed by atoms with E-state index < -0.39 is 5.60 Å². The zero-order valence-corrected chi connectivity index (χ0v) is 13.8. The van der Waals surface area contributed by atoms with Gasteiger partial charge in [-0.1, -0.05) is 26.7 Å². The van der Waals surface area contributed by atoms with Gasteiger partial charge in [0, 0.05) is 18.1 Å². The van der Waals surface area contributed by atoms with Crippen LogP contribution in [-0.4, -0.2) is 29.8 Å². The van der Waals surface area contributed by atoms with Crippen LogP contribution in [0, 0.1) is 0 Å². The lowest BCUT2D eigenvalue weighted by molar-refractivity contribution is 0.0462. The first-order chi connectivity index (χ1) is 9.34. The number of carbonyl (C=O) groups excluding carboxylic acids is 1. The van der Waals surface area contributed by atoms with Gasteiger partial charge < -0.3 is 15.4 Å². The normalized spacial score (nSPS) is 22.5. The molecule has 1 amide bonds. The van der Waals surface area contributed by atoms with E-state index in [2.05, 4.69) is 24.5 Å². The van der Waals surface area contributed by atoms with Crippen molar-refractivity contribution in [1.29, 1.82) is 0 Å². The molecule has 1 aliphatic carbocycles. The Morgan fingerprint density at radius 1 is 1.15 bits per heavy atom. The maximum Gasteiger partial charge on any atom is 0.407 e. The number of amides is 1. The van der Waals surface area contributed by atoms with Crippen LogP contribution < -0.4 is 10.6 Å². The molecule has 0 bridgehead atoms. The van der Waals surface area contributed by atoms with Crippen molar-refractivity contribution >= 4 is 6.09 Å². The molecule has 2 N–H and O–H groups in total. The Hall–Kier alpha value is -0.770. The van der Waals surface area contributed by atoms with Crippen LogP contribution in [0.1, 0.15) is 73.1 Å². The molecule has 0 aromatic rings. The molecule has 1 fully saturated rings. The second-order valence-electron chi connectivity index (χ2n) is 6.95. The molecule has 0 heterocycles. The highest BCUT2D eigenvalue weighted by Gasteiger charge is 2.32. The molecule has 0 atom stereocenters. The molecule has 0 aliphatic heterocycles. The highest BCUT2D eigenvalue weighted by molar-refractivity contribution is 5.68. The van der Waals surface area contributed by atoms with Crippen molar-refractivity contribution in [2.75, 3.05) is 0 Å². The number of ether oxygens (including phenoxy) is 1. The van der Waals surface area contributed by atoms with Crippen LogP contribution in [0.5, 0.6) is 0 Å². The summed E-state index contributed by atoms with van der Waals surface area (Å²) >= 11 is 0. The van der Waals surface area contributed by atoms with Gasteiger partial charge in [0.1, 0.15) is 5.60 Å². The van der Waals surface area contributed by atoms with Crippen molar-refractivity contribution in [2.24, 2.45) is 0 Å². The molecule has 0 radical (unpaired) electrons. The van der Waals surface area contributed by atoms with Gasteiger partial charge in [-0.2, -0.15) is 0 Å². The Labute approximate surface area is 124 Å². The molecule has 4 heteroatoms. The molecule has 0 saturated heterocycles. The van der Waals surface area contributed by atoms with Gasteiger partial charge in [-0.15, -0.1) is 0 Å². The van der Waals surface area contributed by atoms with E-state index in [9.17, 15) is 4.79 Å². The van der Waals surface area contributed by atoms with Crippen molar-refractivity contribution in [2.45, 2.75) is 96.9 Å². The minimum absolute atomic E-state index is 0.270. The lowest BCUT2D eigenvalue weighted by Crippen LogP contribution is -2.55. The minimum atomic E-state index is -0.418. The highest BCUT2D eigenvalue weighted by Crippen LogP contribution is 2.22. The largest absolute Gasteiger partial charge is 0.444 e. The smallest absolute Gasteiger partial charge is 0.407 e. The van der Waals surface area contributed by atoms with E-state index >= 15 is 0 Å². The number of alkyl carbamates (subject to hydrolysis) is 1. The van der Waals surface area contributed by atoms with E-state index in [0.29, 0.717) is 12.1 Å². The number of hydrogen-bond donors (Lipinski definition) is 2. The molecule has 0 aromatic heterocycles. The summed E-state index contributed by atoms with van der Waals surface area (Å²) in [5.74, 6) is 0. The van der Waals surface area contributed by atoms with Gasteiger partial charge in [-0.3, -0.25) is 0 Å². The number of rotatable bonds is 7. The summed E-state index contributed by atoms with van der Waals surface area (Å²) in [4.78, 5) is 11.6. The first-order valence-corrected chi connectivity index (χ1v) is 8.09. The quantitative estimate of drug-likeness (QED) is 0.751. The van der Waals surface area contributed by atoms with Gasteiger partial charge in [0.2, 0.25) is 0 Å². The molecular formula is C16H32N2O2. The third-order valence-corrected chi connectivity index (χ3v) is 3.60. The third-order valence-electron chi connectivity index (χ3n) is 3.60. The number of nitrogens with one attached hydrogen (secondary N) is 2. The fourth-order valence-electron chi connectivity index (χ4n) is 2.69. The fraction of sp³-hybridized carbons (Fsp3) is 0.938. The van der Waals surface area contributed by atoms with E-state index in [4.69, 9.17) is 4.74 Å². The summed E-state index contributed by atoms with van der Waals surface area (Å²) in [5, 5.41) is 6.65. The summed E-state index contributed by atoms with van der Waals surface area (Å²) in [6, 6.07) is 1.46. The molecule has 0 aromatic carbocycles. The molecular weight excluding hydrogens is 252 g/mol. The topological polar surface area (TPSA) is 50.4 Å². The predicted octanol–water partition coefficient (Wildman–Crippen LogP) is 3.60. The lowest BCUT2D eigenvalue weighted by Gasteiger charge is -2.39. The lowest BCUT2D eigenvalue weighted by atomic mass is 9.85. The Kier molecular flexibility index (Phi) is 6.80. The molecule has 20 heavy (non-hydrogen) atoms. The molecule has 1 rings (SSSR count). The Balaban J connectivity index is 2.20. The van der Waals surface area contributed by atoms with Crippen molar-refractivity contribution in [3.63, 3.8) is 0 Å². The second kappa shape index (κ2) is 7.87. The number of carbonyl (C=O) groups is 1. The van der Waals surface area contributed by atoms with Crippen LogP contribution >= 0.6 is 0 Å². The molecule has 0 spiro atoms. The maximum absolute atomic E-state index is 11.6. The molecule has 1 saturated carbocycles. The van der Waals surface area contributed by atoms with E-state index in [0.717, 1.165) is 12.8 Å². The Bertz CT molecular complexity index is 287. The summed E-state index contributed by atoms with van der Waals surface area (Å²) in [5.41, 5.74) is -0.418. The molecule has 118 valence electrons. The van der Waals surface area contributed by atoms with Crippen LogP contribution in [0.25, 0.3) is 0 Å². The van der Waals surface area contributed by atoms with Gasteiger partial charge in [0.25, 0.3) is 0 Å². The van der Waals surface area contributed by atoms with Crippen LogP contribution in [0.15, 0.2) is 0 Å². The third kappa shape index (κ3) is 6.60. The van der Waals surface area contributed by atoms with Crippen molar-refractivity contribution in [3.8, 4) is 0 Å². The first kappa shape index (κ1) is 17.3.